The summed E-state index contributed by atoms with van der Waals surface area (Å²) in [6, 6.07) is 1.10. The summed E-state index contributed by atoms with van der Waals surface area (Å²) in [6.45, 7) is 1.41. The lowest BCUT2D eigenvalue weighted by atomic mass is 9.90. The van der Waals surface area contributed by atoms with Crippen LogP contribution in [0, 0.1) is 12.3 Å². The van der Waals surface area contributed by atoms with Gasteiger partial charge in [0.25, 0.3) is 5.56 Å². The van der Waals surface area contributed by atoms with Crippen LogP contribution in [0.2, 0.25) is 0 Å². The van der Waals surface area contributed by atoms with Gasteiger partial charge in [-0.3, -0.25) is 14.3 Å². The number of aromatic amines is 1. The van der Waals surface area contributed by atoms with Crippen molar-refractivity contribution in [3.63, 3.8) is 0 Å². The molecule has 2 heterocycles. The second-order valence-electron chi connectivity index (χ2n) is 4.73. The van der Waals surface area contributed by atoms with Gasteiger partial charge in [0.1, 0.15) is 12.2 Å². The van der Waals surface area contributed by atoms with Crippen LogP contribution in [-0.4, -0.2) is 43.6 Å². The highest BCUT2D eigenvalue weighted by atomic mass is 16.5. The van der Waals surface area contributed by atoms with E-state index in [9.17, 15) is 19.8 Å². The lowest BCUT2D eigenvalue weighted by Crippen LogP contribution is -2.55. The van der Waals surface area contributed by atoms with Gasteiger partial charge in [-0.15, -0.1) is 6.42 Å². The molecule has 1 saturated heterocycles. The van der Waals surface area contributed by atoms with Gasteiger partial charge in [0.15, 0.2) is 11.8 Å². The molecule has 0 radical (unpaired) electrons. The van der Waals surface area contributed by atoms with E-state index in [-0.39, 0.29) is 0 Å². The van der Waals surface area contributed by atoms with Gasteiger partial charge < -0.3 is 20.7 Å². The van der Waals surface area contributed by atoms with Crippen molar-refractivity contribution in [2.75, 3.05) is 0 Å². The minimum atomic E-state index is -1.70. The maximum Gasteiger partial charge on any atom is 0.330 e. The molecule has 0 bridgehead atoms. The van der Waals surface area contributed by atoms with Crippen LogP contribution in [0.25, 0.3) is 0 Å². The topological polar surface area (TPSA) is 131 Å². The Morgan fingerprint density at radius 3 is 2.80 bits per heavy atom. The number of nitrogens with zero attached hydrogens (tertiary/aromatic N) is 1. The number of H-pyrrole nitrogens is 1. The molecule has 1 aromatic heterocycles. The molecule has 0 amide bonds. The molecular weight excluding hydrogens is 266 g/mol. The van der Waals surface area contributed by atoms with Crippen molar-refractivity contribution in [1.29, 1.82) is 0 Å². The highest BCUT2D eigenvalue weighted by molar-refractivity contribution is 5.23. The van der Waals surface area contributed by atoms with Crippen molar-refractivity contribution in [1.82, 2.24) is 9.55 Å². The molecule has 1 unspecified atom stereocenters. The van der Waals surface area contributed by atoms with Crippen LogP contribution >= 0.6 is 0 Å². The molecule has 5 N–H and O–H groups in total. The summed E-state index contributed by atoms with van der Waals surface area (Å²) >= 11 is 0. The minimum absolute atomic E-state index is 0.583. The lowest BCUT2D eigenvalue weighted by molar-refractivity contribution is -0.0778. The monoisotopic (exact) mass is 281 g/mol. The zero-order valence-electron chi connectivity index (χ0n) is 10.7. The number of hydrogen-bond donors (Lipinski definition) is 4. The molecule has 8 heteroatoms. The molecular formula is C12H15N3O5. The molecule has 1 aliphatic heterocycles. The Labute approximate surface area is 113 Å². The van der Waals surface area contributed by atoms with Gasteiger partial charge in [-0.25, -0.2) is 4.79 Å². The van der Waals surface area contributed by atoms with E-state index in [4.69, 9.17) is 16.9 Å². The minimum Gasteiger partial charge on any atom is -0.391 e. The Balaban J connectivity index is 2.53. The summed E-state index contributed by atoms with van der Waals surface area (Å²) in [6.07, 6.45) is 1.87. The van der Waals surface area contributed by atoms with Crippen molar-refractivity contribution < 1.29 is 14.9 Å². The van der Waals surface area contributed by atoms with Crippen molar-refractivity contribution in [2.24, 2.45) is 5.73 Å². The zero-order valence-corrected chi connectivity index (χ0v) is 10.7. The van der Waals surface area contributed by atoms with Crippen LogP contribution < -0.4 is 17.0 Å². The fourth-order valence-electron chi connectivity index (χ4n) is 2.20. The number of nitrogens with two attached hydrogens (primary N) is 1. The molecule has 1 fully saturated rings. The lowest BCUT2D eigenvalue weighted by Gasteiger charge is -2.27. The van der Waals surface area contributed by atoms with E-state index in [1.54, 1.807) is 0 Å². The number of aliphatic hydroxyl groups is 2. The van der Waals surface area contributed by atoms with Gasteiger partial charge >= 0.3 is 5.69 Å². The van der Waals surface area contributed by atoms with Crippen LogP contribution in [-0.2, 0) is 4.74 Å². The first kappa shape index (κ1) is 14.5. The average molecular weight is 281 g/mol. The van der Waals surface area contributed by atoms with E-state index in [0.29, 0.717) is 0 Å². The first-order chi connectivity index (χ1) is 9.31. The van der Waals surface area contributed by atoms with Crippen LogP contribution in [0.4, 0.5) is 0 Å². The number of aromatic nitrogens is 2. The first-order valence-electron chi connectivity index (χ1n) is 5.91. The number of terminal acetylenes is 1. The van der Waals surface area contributed by atoms with Gasteiger partial charge in [0.05, 0.1) is 6.10 Å². The maximum absolute atomic E-state index is 11.8. The molecule has 8 nitrogen and oxygen atoms in total. The first-order valence-corrected chi connectivity index (χ1v) is 5.91. The summed E-state index contributed by atoms with van der Waals surface area (Å²) in [4.78, 5) is 24.9. The summed E-state index contributed by atoms with van der Waals surface area (Å²) in [5, 5.41) is 19.7. The number of ether oxygens (including phenoxy) is 1. The molecule has 0 spiro atoms. The molecule has 0 aliphatic carbocycles. The standard InChI is InChI=1S/C12H15N3O5/c1-3-12(13)9(18)8(6(2)16)20-10(12)15-5-4-7(17)14-11(15)19/h1,4-6,8-10,16,18H,13H2,2H3,(H,14,17,19)/t6-,8+,9?,10+,12+/m0/s1. The van der Waals surface area contributed by atoms with Crippen LogP contribution in [0.1, 0.15) is 13.2 Å². The van der Waals surface area contributed by atoms with E-state index in [1.165, 1.54) is 13.1 Å². The summed E-state index contributed by atoms with van der Waals surface area (Å²) in [7, 11) is 0. The van der Waals surface area contributed by atoms with E-state index >= 15 is 0 Å². The summed E-state index contributed by atoms with van der Waals surface area (Å²) in [5.41, 5.74) is 2.88. The summed E-state index contributed by atoms with van der Waals surface area (Å²) in [5.74, 6) is 2.21. The van der Waals surface area contributed by atoms with Crippen LogP contribution in [0.5, 0.6) is 0 Å². The Bertz CT molecular complexity index is 658. The van der Waals surface area contributed by atoms with Crippen molar-refractivity contribution >= 4 is 0 Å². The van der Waals surface area contributed by atoms with E-state index in [1.807, 2.05) is 4.98 Å². The van der Waals surface area contributed by atoms with E-state index in [0.717, 1.165) is 10.6 Å². The normalized spacial score (nSPS) is 34.6. The summed E-state index contributed by atoms with van der Waals surface area (Å²) < 4.78 is 6.40. The Kier molecular flexibility index (Phi) is 3.54. The predicted molar refractivity (Wildman–Crippen MR) is 68.7 cm³/mol. The fraction of sp³-hybridized carbons (Fsp3) is 0.500. The van der Waals surface area contributed by atoms with Gasteiger partial charge in [-0.1, -0.05) is 5.92 Å². The fourth-order valence-corrected chi connectivity index (χ4v) is 2.20. The molecule has 1 aliphatic rings. The van der Waals surface area contributed by atoms with E-state index in [2.05, 4.69) is 5.92 Å². The Hall–Kier alpha value is -1.92. The molecule has 2 rings (SSSR count). The third kappa shape index (κ3) is 2.07. The van der Waals surface area contributed by atoms with Gasteiger partial charge in [-0.2, -0.15) is 0 Å². The number of hydrogen-bond acceptors (Lipinski definition) is 6. The maximum atomic E-state index is 11.8. The quantitative estimate of drug-likeness (QED) is 0.443. The predicted octanol–water partition coefficient (Wildman–Crippen LogP) is -2.49. The third-order valence-corrected chi connectivity index (χ3v) is 3.32. The Morgan fingerprint density at radius 1 is 1.65 bits per heavy atom. The van der Waals surface area contributed by atoms with Crippen LogP contribution in [0.15, 0.2) is 21.9 Å². The molecule has 108 valence electrons. The zero-order chi connectivity index (χ0) is 15.1. The Morgan fingerprint density at radius 2 is 2.30 bits per heavy atom. The van der Waals surface area contributed by atoms with Crippen molar-refractivity contribution in [2.45, 2.75) is 37.0 Å². The largest absolute Gasteiger partial charge is 0.391 e. The number of aliphatic hydroxyl groups excluding tert-OH is 2. The SMILES string of the molecule is C#C[C@@]1(N)C(O)[C@@H]([C@H](C)O)O[C@H]1n1ccc(=O)[nH]c1=O. The average Bonchev–Trinajstić information content (AvgIpc) is 2.64. The second-order valence-corrected chi connectivity index (χ2v) is 4.73. The second kappa shape index (κ2) is 4.88. The van der Waals surface area contributed by atoms with Crippen LogP contribution in [0.3, 0.4) is 0 Å². The molecule has 5 atom stereocenters. The number of nitrogens with one attached hydrogen (secondary N) is 1. The third-order valence-electron chi connectivity index (χ3n) is 3.32. The number of rotatable bonds is 2. The van der Waals surface area contributed by atoms with E-state index < -0.39 is 41.3 Å². The van der Waals surface area contributed by atoms with Crippen molar-refractivity contribution in [3.05, 3.63) is 33.1 Å². The van der Waals surface area contributed by atoms with Crippen molar-refractivity contribution in [3.8, 4) is 12.3 Å². The van der Waals surface area contributed by atoms with Gasteiger partial charge in [-0.05, 0) is 6.92 Å². The highest BCUT2D eigenvalue weighted by Gasteiger charge is 2.55. The highest BCUT2D eigenvalue weighted by Crippen LogP contribution is 2.36. The van der Waals surface area contributed by atoms with Gasteiger partial charge in [0.2, 0.25) is 0 Å². The molecule has 20 heavy (non-hydrogen) atoms. The molecule has 0 aromatic carbocycles. The molecule has 0 saturated carbocycles. The van der Waals surface area contributed by atoms with Gasteiger partial charge in [0, 0.05) is 12.3 Å². The molecule has 1 aromatic rings. The smallest absolute Gasteiger partial charge is 0.330 e.